The molecule has 2 aromatic carbocycles. The van der Waals surface area contributed by atoms with Crippen LogP contribution in [0.15, 0.2) is 39.3 Å². The number of halogens is 3. The van der Waals surface area contributed by atoms with Crippen molar-refractivity contribution >= 4 is 48.9 Å². The van der Waals surface area contributed by atoms with Gasteiger partial charge >= 0.3 is 0 Å². The van der Waals surface area contributed by atoms with Crippen LogP contribution in [-0.2, 0) is 0 Å². The second-order valence-electron chi connectivity index (χ2n) is 3.94. The highest BCUT2D eigenvalue weighted by Crippen LogP contribution is 2.30. The van der Waals surface area contributed by atoms with E-state index in [-0.39, 0.29) is 5.82 Å². The largest absolute Gasteiger partial charge is 0.397 e. The fourth-order valence-electron chi connectivity index (χ4n) is 1.56. The molecule has 0 fully saturated rings. The number of rotatable bonds is 2. The third-order valence-electron chi connectivity index (χ3n) is 2.55. The van der Waals surface area contributed by atoms with Crippen LogP contribution in [0.5, 0.6) is 0 Å². The van der Waals surface area contributed by atoms with Crippen molar-refractivity contribution in [3.8, 4) is 0 Å². The summed E-state index contributed by atoms with van der Waals surface area (Å²) in [4.78, 5) is 0. The number of nitrogen functional groups attached to an aromatic ring is 1. The average molecular weight is 374 g/mol. The molecule has 0 amide bonds. The Balaban J connectivity index is 2.40. The minimum absolute atomic E-state index is 0.309. The molecule has 0 spiro atoms. The number of anilines is 3. The molecule has 2 nitrogen and oxygen atoms in total. The summed E-state index contributed by atoms with van der Waals surface area (Å²) in [6, 6.07) is 8.67. The lowest BCUT2D eigenvalue weighted by Crippen LogP contribution is -1.98. The maximum atomic E-state index is 13.5. The monoisotopic (exact) mass is 372 g/mol. The molecule has 0 saturated heterocycles. The van der Waals surface area contributed by atoms with Gasteiger partial charge in [0.05, 0.1) is 15.8 Å². The smallest absolute Gasteiger partial charge is 0.139 e. The molecule has 0 unspecified atom stereocenters. The van der Waals surface area contributed by atoms with E-state index in [4.69, 9.17) is 5.73 Å². The fraction of sp³-hybridized carbons (Fsp3) is 0.0769. The predicted octanol–water partition coefficient (Wildman–Crippen LogP) is 4.98. The van der Waals surface area contributed by atoms with E-state index >= 15 is 0 Å². The standard InChI is InChI=1S/C13H11Br2FN2/c1-7-4-9(15)10(16)6-12(7)18-13-5-8(14)2-3-11(13)17/h2-6,18H,17H2,1H3. The third-order valence-corrected chi connectivity index (χ3v) is 3.65. The Morgan fingerprint density at radius 2 is 1.83 bits per heavy atom. The van der Waals surface area contributed by atoms with Crippen molar-refractivity contribution in [3.05, 3.63) is 50.7 Å². The van der Waals surface area contributed by atoms with E-state index in [1.807, 2.05) is 19.1 Å². The Kier molecular flexibility index (Phi) is 3.92. The minimum atomic E-state index is -0.309. The lowest BCUT2D eigenvalue weighted by Gasteiger charge is -2.13. The second-order valence-corrected chi connectivity index (χ2v) is 5.71. The molecule has 0 radical (unpaired) electrons. The maximum absolute atomic E-state index is 13.5. The molecule has 0 saturated carbocycles. The molecule has 94 valence electrons. The van der Waals surface area contributed by atoms with Crippen molar-refractivity contribution in [2.24, 2.45) is 0 Å². The Morgan fingerprint density at radius 1 is 1.11 bits per heavy atom. The molecule has 5 heteroatoms. The number of aryl methyl sites for hydroxylation is 1. The molecular weight excluding hydrogens is 363 g/mol. The summed E-state index contributed by atoms with van der Waals surface area (Å²) >= 11 is 6.53. The van der Waals surface area contributed by atoms with E-state index < -0.39 is 0 Å². The van der Waals surface area contributed by atoms with E-state index in [0.29, 0.717) is 15.8 Å². The van der Waals surface area contributed by atoms with E-state index in [1.54, 1.807) is 12.1 Å². The fourth-order valence-corrected chi connectivity index (χ4v) is 2.38. The Morgan fingerprint density at radius 3 is 2.56 bits per heavy atom. The van der Waals surface area contributed by atoms with Gasteiger partial charge < -0.3 is 11.1 Å². The van der Waals surface area contributed by atoms with Crippen LogP contribution < -0.4 is 11.1 Å². The van der Waals surface area contributed by atoms with Gasteiger partial charge in [0, 0.05) is 10.2 Å². The van der Waals surface area contributed by atoms with Crippen molar-refractivity contribution in [1.82, 2.24) is 0 Å². The van der Waals surface area contributed by atoms with Crippen LogP contribution >= 0.6 is 31.9 Å². The van der Waals surface area contributed by atoms with Gasteiger partial charge in [-0.05, 0) is 58.7 Å². The van der Waals surface area contributed by atoms with Crippen molar-refractivity contribution < 1.29 is 4.39 Å². The van der Waals surface area contributed by atoms with Crippen LogP contribution in [0.4, 0.5) is 21.5 Å². The molecule has 0 bridgehead atoms. The van der Waals surface area contributed by atoms with Gasteiger partial charge in [0.15, 0.2) is 0 Å². The SMILES string of the molecule is Cc1cc(Br)c(F)cc1Nc1cc(Br)ccc1N. The zero-order chi connectivity index (χ0) is 13.3. The molecular formula is C13H11Br2FN2. The lowest BCUT2D eigenvalue weighted by molar-refractivity contribution is 0.621. The minimum Gasteiger partial charge on any atom is -0.397 e. The summed E-state index contributed by atoms with van der Waals surface area (Å²) in [5.41, 5.74) is 8.85. The number of nitrogens with one attached hydrogen (secondary N) is 1. The molecule has 3 N–H and O–H groups in total. The molecule has 0 heterocycles. The second kappa shape index (κ2) is 5.28. The van der Waals surface area contributed by atoms with Gasteiger partial charge in [0.1, 0.15) is 5.82 Å². The summed E-state index contributed by atoms with van der Waals surface area (Å²) in [5.74, 6) is -0.309. The van der Waals surface area contributed by atoms with Gasteiger partial charge in [-0.1, -0.05) is 15.9 Å². The average Bonchev–Trinajstić information content (AvgIpc) is 2.30. The van der Waals surface area contributed by atoms with Gasteiger partial charge in [-0.15, -0.1) is 0 Å². The van der Waals surface area contributed by atoms with Gasteiger partial charge in [-0.3, -0.25) is 0 Å². The summed E-state index contributed by atoms with van der Waals surface area (Å²) < 4.78 is 14.9. The highest BCUT2D eigenvalue weighted by atomic mass is 79.9. The highest BCUT2D eigenvalue weighted by Gasteiger charge is 2.07. The first kappa shape index (κ1) is 13.4. The van der Waals surface area contributed by atoms with Gasteiger partial charge in [-0.25, -0.2) is 4.39 Å². The first-order valence-electron chi connectivity index (χ1n) is 5.25. The van der Waals surface area contributed by atoms with E-state index in [0.717, 1.165) is 15.7 Å². The van der Waals surface area contributed by atoms with E-state index in [2.05, 4.69) is 37.2 Å². The van der Waals surface area contributed by atoms with Crippen LogP contribution in [-0.4, -0.2) is 0 Å². The molecule has 0 aliphatic carbocycles. The van der Waals surface area contributed by atoms with Crippen molar-refractivity contribution in [1.29, 1.82) is 0 Å². The summed E-state index contributed by atoms with van der Waals surface area (Å²) in [6.45, 7) is 1.90. The van der Waals surface area contributed by atoms with Crippen LogP contribution in [0, 0.1) is 12.7 Å². The maximum Gasteiger partial charge on any atom is 0.139 e. The van der Waals surface area contributed by atoms with Gasteiger partial charge in [0.2, 0.25) is 0 Å². The van der Waals surface area contributed by atoms with E-state index in [1.165, 1.54) is 6.07 Å². The Bertz CT molecular complexity index is 600. The van der Waals surface area contributed by atoms with Crippen molar-refractivity contribution in [2.45, 2.75) is 6.92 Å². The topological polar surface area (TPSA) is 38.0 Å². The number of benzene rings is 2. The van der Waals surface area contributed by atoms with Crippen LogP contribution in [0.1, 0.15) is 5.56 Å². The molecule has 2 rings (SSSR count). The van der Waals surface area contributed by atoms with Crippen molar-refractivity contribution in [2.75, 3.05) is 11.1 Å². The normalized spacial score (nSPS) is 10.4. The highest BCUT2D eigenvalue weighted by molar-refractivity contribution is 9.10. The first-order chi connectivity index (χ1) is 8.47. The van der Waals surface area contributed by atoms with Crippen LogP contribution in [0.25, 0.3) is 0 Å². The lowest BCUT2D eigenvalue weighted by atomic mass is 10.2. The van der Waals surface area contributed by atoms with Gasteiger partial charge in [-0.2, -0.15) is 0 Å². The molecule has 2 aromatic rings. The zero-order valence-corrected chi connectivity index (χ0v) is 12.8. The quantitative estimate of drug-likeness (QED) is 0.728. The Labute approximate surface area is 122 Å². The summed E-state index contributed by atoms with van der Waals surface area (Å²) in [6.07, 6.45) is 0. The number of hydrogen-bond acceptors (Lipinski definition) is 2. The van der Waals surface area contributed by atoms with Gasteiger partial charge in [0.25, 0.3) is 0 Å². The number of hydrogen-bond donors (Lipinski definition) is 2. The van der Waals surface area contributed by atoms with Crippen molar-refractivity contribution in [3.63, 3.8) is 0 Å². The van der Waals surface area contributed by atoms with Crippen LogP contribution in [0.2, 0.25) is 0 Å². The third kappa shape index (κ3) is 2.84. The Hall–Kier alpha value is -1.07. The summed E-state index contributed by atoms with van der Waals surface area (Å²) in [7, 11) is 0. The van der Waals surface area contributed by atoms with E-state index in [9.17, 15) is 4.39 Å². The molecule has 18 heavy (non-hydrogen) atoms. The number of nitrogens with two attached hydrogens (primary N) is 1. The molecule has 0 aromatic heterocycles. The molecule has 0 atom stereocenters. The zero-order valence-electron chi connectivity index (χ0n) is 9.60. The summed E-state index contributed by atoms with van der Waals surface area (Å²) in [5, 5.41) is 3.13. The first-order valence-corrected chi connectivity index (χ1v) is 6.83. The van der Waals surface area contributed by atoms with Crippen LogP contribution in [0.3, 0.4) is 0 Å². The predicted molar refractivity (Wildman–Crippen MR) is 80.7 cm³/mol. The molecule has 0 aliphatic heterocycles. The molecule has 0 aliphatic rings.